The van der Waals surface area contributed by atoms with E-state index in [-0.39, 0.29) is 24.4 Å². The Morgan fingerprint density at radius 3 is 2.56 bits per heavy atom. The molecule has 0 aliphatic carbocycles. The third kappa shape index (κ3) is 7.08. The first-order valence-electron chi connectivity index (χ1n) is 12.0. The highest BCUT2D eigenvalue weighted by Gasteiger charge is 2.38. The molecule has 210 valence electrons. The molecule has 4 N–H and O–H groups in total. The number of nitrogens with two attached hydrogens (primary N) is 1. The van der Waals surface area contributed by atoms with Crippen molar-refractivity contribution >= 4 is 23.4 Å². The van der Waals surface area contributed by atoms with Crippen LogP contribution < -0.4 is 15.8 Å². The van der Waals surface area contributed by atoms with E-state index in [1.54, 1.807) is 32.0 Å². The van der Waals surface area contributed by atoms with Crippen LogP contribution in [0.4, 0.5) is 18.9 Å². The molecular weight excluding hydrogens is 519 g/mol. The molecule has 1 heterocycles. The molecule has 1 atom stereocenters. The van der Waals surface area contributed by atoms with Gasteiger partial charge in [0.25, 0.3) is 18.2 Å². The first-order chi connectivity index (χ1) is 18.3. The summed E-state index contributed by atoms with van der Waals surface area (Å²) in [7, 11) is 1.49. The number of nitrogens with one attached hydrogen (secondary N) is 1. The molecule has 0 saturated carbocycles. The third-order valence-corrected chi connectivity index (χ3v) is 6.26. The summed E-state index contributed by atoms with van der Waals surface area (Å²) in [6, 6.07) is 7.65. The van der Waals surface area contributed by atoms with Gasteiger partial charge in [-0.25, -0.2) is 13.2 Å². The summed E-state index contributed by atoms with van der Waals surface area (Å²) in [6.45, 7) is 2.37. The Hall–Kier alpha value is -4.06. The Kier molecular flexibility index (Phi) is 9.23. The fourth-order valence-corrected chi connectivity index (χ4v) is 4.41. The molecule has 12 heteroatoms. The summed E-state index contributed by atoms with van der Waals surface area (Å²) in [5.41, 5.74) is 5.57. The monoisotopic (exact) mass is 549 g/mol. The van der Waals surface area contributed by atoms with E-state index in [0.29, 0.717) is 23.8 Å². The van der Waals surface area contributed by atoms with Gasteiger partial charge in [-0.2, -0.15) is 0 Å². The summed E-state index contributed by atoms with van der Waals surface area (Å²) < 4.78 is 50.1. The van der Waals surface area contributed by atoms with Crippen molar-refractivity contribution in [2.45, 2.75) is 38.2 Å². The Bertz CT molecular complexity index is 1280. The van der Waals surface area contributed by atoms with Crippen molar-refractivity contribution in [1.29, 1.82) is 0 Å². The molecule has 3 amide bonds. The highest BCUT2D eigenvalue weighted by atomic mass is 19.3. The van der Waals surface area contributed by atoms with Crippen LogP contribution in [-0.2, 0) is 31.0 Å². The topological polar surface area (TPSA) is 131 Å². The molecule has 0 fully saturated rings. The van der Waals surface area contributed by atoms with Gasteiger partial charge in [-0.15, -0.1) is 0 Å². The average Bonchev–Trinajstić information content (AvgIpc) is 2.86. The molecular formula is C27H30F3N3O6. The van der Waals surface area contributed by atoms with Gasteiger partial charge in [-0.05, 0) is 47.4 Å². The van der Waals surface area contributed by atoms with Crippen LogP contribution in [0.15, 0.2) is 48.2 Å². The maximum absolute atomic E-state index is 15.1. The van der Waals surface area contributed by atoms with Crippen LogP contribution >= 0.6 is 0 Å². The second kappa shape index (κ2) is 12.2. The van der Waals surface area contributed by atoms with E-state index in [2.05, 4.69) is 5.32 Å². The lowest BCUT2D eigenvalue weighted by Crippen LogP contribution is -2.46. The summed E-state index contributed by atoms with van der Waals surface area (Å²) in [5.74, 6) is -3.80. The van der Waals surface area contributed by atoms with Crippen molar-refractivity contribution in [2.75, 3.05) is 32.2 Å². The fourth-order valence-electron chi connectivity index (χ4n) is 4.41. The Morgan fingerprint density at radius 2 is 1.95 bits per heavy atom. The summed E-state index contributed by atoms with van der Waals surface area (Å²) in [6.07, 6.45) is -1.76. The van der Waals surface area contributed by atoms with Gasteiger partial charge in [0.2, 0.25) is 5.91 Å². The van der Waals surface area contributed by atoms with Gasteiger partial charge < -0.3 is 30.5 Å². The molecule has 0 bridgehead atoms. The predicted octanol–water partition coefficient (Wildman–Crippen LogP) is 3.39. The number of primary amides is 1. The molecule has 0 unspecified atom stereocenters. The van der Waals surface area contributed by atoms with Gasteiger partial charge in [0.1, 0.15) is 24.2 Å². The highest BCUT2D eigenvalue weighted by Crippen LogP contribution is 2.35. The van der Waals surface area contributed by atoms with Crippen molar-refractivity contribution in [3.63, 3.8) is 0 Å². The minimum absolute atomic E-state index is 0.0217. The van der Waals surface area contributed by atoms with E-state index in [4.69, 9.17) is 15.2 Å². The summed E-state index contributed by atoms with van der Waals surface area (Å²) in [4.78, 5) is 38.7. The fraction of sp³-hybridized carbons (Fsp3) is 0.370. The van der Waals surface area contributed by atoms with E-state index < -0.39 is 53.8 Å². The van der Waals surface area contributed by atoms with Gasteiger partial charge in [-0.3, -0.25) is 14.4 Å². The molecule has 2 aromatic carbocycles. The molecule has 2 aromatic rings. The van der Waals surface area contributed by atoms with Gasteiger partial charge in [0.15, 0.2) is 5.76 Å². The minimum Gasteiger partial charge on any atom is -0.503 e. The van der Waals surface area contributed by atoms with Crippen molar-refractivity contribution in [3.05, 3.63) is 70.7 Å². The number of nitrogens with zero attached hydrogens (tertiary/aromatic N) is 1. The lowest BCUT2D eigenvalue weighted by Gasteiger charge is -2.36. The van der Waals surface area contributed by atoms with Crippen LogP contribution in [-0.4, -0.2) is 61.0 Å². The number of carbonyl (C=O) groups is 3. The number of methoxy groups -OCH3 is 1. The van der Waals surface area contributed by atoms with Crippen LogP contribution in [0.2, 0.25) is 0 Å². The molecule has 9 nitrogen and oxygen atoms in total. The number of ether oxygens (including phenoxy) is 2. The number of benzene rings is 2. The van der Waals surface area contributed by atoms with Crippen LogP contribution in [0, 0.1) is 5.82 Å². The second-order valence-electron chi connectivity index (χ2n) is 9.62. The standard InChI is InChI=1S/C27H30F3N3O6/c1-27(2,14-39-13-22(29)30)19-7-4-16(11-20(19)28)32-25(36)24-18-6-5-17(38-3)10-15(18)8-9-33(24)26(37)21(34)12-23(31)35/h4-7,10-12,22,24,34H,8-9,13-14H2,1-3H3,(H2,31,35)(H,32,36)/b21-12-/t24-/m1/s1. The van der Waals surface area contributed by atoms with E-state index in [1.807, 2.05) is 0 Å². The molecule has 39 heavy (non-hydrogen) atoms. The first-order valence-corrected chi connectivity index (χ1v) is 12.0. The zero-order valence-corrected chi connectivity index (χ0v) is 21.7. The molecule has 1 aliphatic heterocycles. The molecule has 3 rings (SSSR count). The number of aliphatic hydroxyl groups is 1. The van der Waals surface area contributed by atoms with Crippen LogP contribution in [0.3, 0.4) is 0 Å². The number of hydrogen-bond donors (Lipinski definition) is 3. The summed E-state index contributed by atoms with van der Waals surface area (Å²) in [5, 5.41) is 12.7. The number of rotatable bonds is 10. The van der Waals surface area contributed by atoms with Crippen molar-refractivity contribution < 1.29 is 42.1 Å². The molecule has 1 aliphatic rings. The highest BCUT2D eigenvalue weighted by molar-refractivity contribution is 6.03. The Morgan fingerprint density at radius 1 is 1.23 bits per heavy atom. The maximum atomic E-state index is 15.1. The van der Waals surface area contributed by atoms with Crippen LogP contribution in [0.5, 0.6) is 5.75 Å². The van der Waals surface area contributed by atoms with E-state index in [9.17, 15) is 28.3 Å². The number of hydrogen-bond acceptors (Lipinski definition) is 6. The van der Waals surface area contributed by atoms with Gasteiger partial charge in [0, 0.05) is 17.6 Å². The van der Waals surface area contributed by atoms with Gasteiger partial charge in [-0.1, -0.05) is 26.0 Å². The third-order valence-electron chi connectivity index (χ3n) is 6.26. The second-order valence-corrected chi connectivity index (χ2v) is 9.62. The van der Waals surface area contributed by atoms with Crippen LogP contribution in [0.1, 0.15) is 36.6 Å². The molecule has 0 radical (unpaired) electrons. The number of alkyl halides is 2. The number of amides is 3. The average molecular weight is 550 g/mol. The minimum atomic E-state index is -2.64. The van der Waals surface area contributed by atoms with Crippen LogP contribution in [0.25, 0.3) is 0 Å². The number of fused-ring (bicyclic) bond motifs is 1. The number of anilines is 1. The van der Waals surface area contributed by atoms with Crippen molar-refractivity contribution in [1.82, 2.24) is 4.90 Å². The van der Waals surface area contributed by atoms with Gasteiger partial charge in [0.05, 0.1) is 19.8 Å². The van der Waals surface area contributed by atoms with E-state index in [1.165, 1.54) is 19.2 Å². The smallest absolute Gasteiger partial charge is 0.289 e. The zero-order chi connectivity index (χ0) is 28.9. The Balaban J connectivity index is 1.90. The zero-order valence-electron chi connectivity index (χ0n) is 21.7. The molecule has 0 spiro atoms. The maximum Gasteiger partial charge on any atom is 0.289 e. The molecule has 0 saturated heterocycles. The SMILES string of the molecule is COc1ccc2c(c1)CCN(C(=O)/C(O)=C/C(N)=O)[C@H]2C(=O)Nc1ccc(C(C)(C)COCC(F)F)c(F)c1. The largest absolute Gasteiger partial charge is 0.503 e. The van der Waals surface area contributed by atoms with E-state index >= 15 is 4.39 Å². The molecule has 0 aromatic heterocycles. The van der Waals surface area contributed by atoms with Crippen molar-refractivity contribution in [2.24, 2.45) is 5.73 Å². The lowest BCUT2D eigenvalue weighted by atomic mass is 9.85. The number of aliphatic hydroxyl groups excluding tert-OH is 1. The van der Waals surface area contributed by atoms with Gasteiger partial charge >= 0.3 is 0 Å². The normalized spacial score (nSPS) is 15.6. The predicted molar refractivity (Wildman–Crippen MR) is 136 cm³/mol. The quantitative estimate of drug-likeness (QED) is 0.308. The lowest BCUT2D eigenvalue weighted by molar-refractivity contribution is -0.138. The van der Waals surface area contributed by atoms with Crippen molar-refractivity contribution in [3.8, 4) is 5.75 Å². The first kappa shape index (κ1) is 29.5. The number of carbonyl (C=O) groups excluding carboxylic acids is 3. The van der Waals surface area contributed by atoms with E-state index in [0.717, 1.165) is 16.5 Å². The Labute approximate surface area is 223 Å². The summed E-state index contributed by atoms with van der Waals surface area (Å²) >= 11 is 0. The number of halogens is 3.